The molecule has 6 heteroatoms. The smallest absolute Gasteiger partial charge is 0.263 e. The first kappa shape index (κ1) is 13.1. The van der Waals surface area contributed by atoms with Gasteiger partial charge in [0.25, 0.3) is 5.56 Å². The van der Waals surface area contributed by atoms with Crippen LogP contribution >= 0.6 is 0 Å². The number of nitrogen functional groups attached to an aromatic ring is 1. The monoisotopic (exact) mass is 282 g/mol. The van der Waals surface area contributed by atoms with E-state index in [4.69, 9.17) is 10.5 Å². The molecular weight excluding hydrogens is 268 g/mol. The van der Waals surface area contributed by atoms with Crippen molar-refractivity contribution < 1.29 is 4.74 Å². The summed E-state index contributed by atoms with van der Waals surface area (Å²) in [6.45, 7) is 0.384. The molecule has 0 aliphatic heterocycles. The lowest BCUT2D eigenvalue weighted by molar-refractivity contribution is 0.397. The van der Waals surface area contributed by atoms with E-state index in [-0.39, 0.29) is 5.56 Å². The molecule has 0 saturated carbocycles. The van der Waals surface area contributed by atoms with Gasteiger partial charge in [-0.15, -0.1) is 0 Å². The van der Waals surface area contributed by atoms with Gasteiger partial charge in [-0.25, -0.2) is 9.97 Å². The molecule has 0 spiro atoms. The minimum Gasteiger partial charge on any atom is -0.481 e. The number of benzene rings is 1. The van der Waals surface area contributed by atoms with E-state index in [0.717, 1.165) is 5.56 Å². The maximum atomic E-state index is 12.5. The van der Waals surface area contributed by atoms with Crippen LogP contribution in [-0.2, 0) is 6.54 Å². The molecule has 0 aliphatic rings. The first-order chi connectivity index (χ1) is 10.2. The molecule has 0 bridgehead atoms. The molecule has 3 aromatic rings. The largest absolute Gasteiger partial charge is 0.481 e. The van der Waals surface area contributed by atoms with Gasteiger partial charge >= 0.3 is 0 Å². The van der Waals surface area contributed by atoms with Crippen LogP contribution in [0.2, 0.25) is 0 Å². The number of fused-ring (bicyclic) bond motifs is 1. The minimum atomic E-state index is -0.158. The number of rotatable bonds is 3. The summed E-state index contributed by atoms with van der Waals surface area (Å²) >= 11 is 0. The second kappa shape index (κ2) is 5.24. The maximum absolute atomic E-state index is 12.5. The van der Waals surface area contributed by atoms with Crippen LogP contribution in [0.1, 0.15) is 5.56 Å². The van der Waals surface area contributed by atoms with Crippen LogP contribution in [0.4, 0.5) is 5.69 Å². The van der Waals surface area contributed by atoms with Crippen molar-refractivity contribution in [1.82, 2.24) is 14.5 Å². The zero-order valence-corrected chi connectivity index (χ0v) is 11.5. The first-order valence-electron chi connectivity index (χ1n) is 6.41. The summed E-state index contributed by atoms with van der Waals surface area (Å²) in [5.41, 5.74) is 7.66. The summed E-state index contributed by atoms with van der Waals surface area (Å²) in [6, 6.07) is 8.86. The van der Waals surface area contributed by atoms with Crippen molar-refractivity contribution in [3.63, 3.8) is 0 Å². The average molecular weight is 282 g/mol. The molecule has 0 aliphatic carbocycles. The van der Waals surface area contributed by atoms with Crippen LogP contribution in [0.25, 0.3) is 10.9 Å². The highest BCUT2D eigenvalue weighted by molar-refractivity contribution is 5.89. The molecule has 2 N–H and O–H groups in total. The lowest BCUT2D eigenvalue weighted by atomic mass is 10.2. The Morgan fingerprint density at radius 2 is 2.14 bits per heavy atom. The Labute approximate surface area is 120 Å². The lowest BCUT2D eigenvalue weighted by Crippen LogP contribution is -2.22. The summed E-state index contributed by atoms with van der Waals surface area (Å²) in [7, 11) is 1.55. The average Bonchev–Trinajstić information content (AvgIpc) is 2.50. The number of nitrogens with two attached hydrogens (primary N) is 1. The van der Waals surface area contributed by atoms with Crippen LogP contribution in [0.3, 0.4) is 0 Å². The van der Waals surface area contributed by atoms with E-state index in [2.05, 4.69) is 9.97 Å². The van der Waals surface area contributed by atoms with Gasteiger partial charge in [0.1, 0.15) is 0 Å². The van der Waals surface area contributed by atoms with Crippen LogP contribution in [0.5, 0.6) is 5.88 Å². The van der Waals surface area contributed by atoms with Crippen LogP contribution in [0.15, 0.2) is 47.7 Å². The molecule has 0 unspecified atom stereocenters. The Bertz CT molecular complexity index is 858. The summed E-state index contributed by atoms with van der Waals surface area (Å²) in [6.07, 6.45) is 3.17. The predicted octanol–water partition coefficient (Wildman–Crippen LogP) is 1.43. The number of hydrogen-bond acceptors (Lipinski definition) is 5. The number of ether oxygens (including phenoxy) is 1. The van der Waals surface area contributed by atoms with E-state index in [1.807, 2.05) is 6.07 Å². The summed E-state index contributed by atoms with van der Waals surface area (Å²) < 4.78 is 6.60. The van der Waals surface area contributed by atoms with Crippen molar-refractivity contribution >= 4 is 16.6 Å². The highest BCUT2D eigenvalue weighted by atomic mass is 16.5. The third-order valence-corrected chi connectivity index (χ3v) is 3.25. The molecule has 0 radical (unpaired) electrons. The molecule has 21 heavy (non-hydrogen) atoms. The Morgan fingerprint density at radius 1 is 1.29 bits per heavy atom. The zero-order chi connectivity index (χ0) is 14.8. The number of hydrogen-bond donors (Lipinski definition) is 1. The van der Waals surface area contributed by atoms with Gasteiger partial charge in [-0.1, -0.05) is 6.07 Å². The van der Waals surface area contributed by atoms with Gasteiger partial charge in [-0.2, -0.15) is 0 Å². The number of anilines is 1. The summed E-state index contributed by atoms with van der Waals surface area (Å²) in [4.78, 5) is 20.8. The van der Waals surface area contributed by atoms with Crippen LogP contribution in [0, 0.1) is 0 Å². The van der Waals surface area contributed by atoms with E-state index >= 15 is 0 Å². The number of nitrogens with zero attached hydrogens (tertiary/aromatic N) is 3. The van der Waals surface area contributed by atoms with Gasteiger partial charge in [0, 0.05) is 18.0 Å². The Balaban J connectivity index is 2.07. The predicted molar refractivity (Wildman–Crippen MR) is 80.3 cm³/mol. The number of aromatic nitrogens is 3. The Hall–Kier alpha value is -2.89. The molecule has 0 fully saturated rings. The molecule has 0 atom stereocenters. The molecule has 0 amide bonds. The van der Waals surface area contributed by atoms with Crippen molar-refractivity contribution in [3.05, 3.63) is 58.8 Å². The first-order valence-corrected chi connectivity index (χ1v) is 6.41. The van der Waals surface area contributed by atoms with E-state index in [1.54, 1.807) is 37.6 Å². The zero-order valence-electron chi connectivity index (χ0n) is 11.5. The molecule has 106 valence electrons. The molecule has 1 aromatic carbocycles. The van der Waals surface area contributed by atoms with E-state index in [1.165, 1.54) is 10.9 Å². The number of pyridine rings is 1. The van der Waals surface area contributed by atoms with E-state index in [9.17, 15) is 4.79 Å². The van der Waals surface area contributed by atoms with Gasteiger partial charge in [-0.05, 0) is 23.8 Å². The quantitative estimate of drug-likeness (QED) is 0.735. The van der Waals surface area contributed by atoms with Gasteiger partial charge < -0.3 is 10.5 Å². The summed E-state index contributed by atoms with van der Waals surface area (Å²) in [5.74, 6) is 0.508. The van der Waals surface area contributed by atoms with Gasteiger partial charge in [0.05, 0.1) is 30.9 Å². The Morgan fingerprint density at radius 3 is 2.95 bits per heavy atom. The molecule has 2 aromatic heterocycles. The molecule has 3 rings (SSSR count). The highest BCUT2D eigenvalue weighted by Gasteiger charge is 2.08. The molecule has 6 nitrogen and oxygen atoms in total. The van der Waals surface area contributed by atoms with Crippen molar-refractivity contribution in [2.24, 2.45) is 0 Å². The fourth-order valence-corrected chi connectivity index (χ4v) is 2.20. The van der Waals surface area contributed by atoms with Crippen molar-refractivity contribution in [1.29, 1.82) is 0 Å². The second-order valence-electron chi connectivity index (χ2n) is 4.63. The van der Waals surface area contributed by atoms with Gasteiger partial charge in [-0.3, -0.25) is 9.36 Å². The van der Waals surface area contributed by atoms with Crippen molar-refractivity contribution in [2.75, 3.05) is 12.8 Å². The third kappa shape index (κ3) is 2.43. The van der Waals surface area contributed by atoms with E-state index in [0.29, 0.717) is 29.0 Å². The fraction of sp³-hybridized carbons (Fsp3) is 0.133. The second-order valence-corrected chi connectivity index (χ2v) is 4.63. The Kier molecular flexibility index (Phi) is 3.27. The standard InChI is InChI=1S/C15H14N4O2/c1-21-13-7-10(5-6-17-13)8-19-9-18-12-4-2-3-11(16)14(12)15(19)20/h2-7,9H,8,16H2,1H3. The maximum Gasteiger partial charge on any atom is 0.263 e. The topological polar surface area (TPSA) is 83.0 Å². The van der Waals surface area contributed by atoms with Crippen molar-refractivity contribution in [3.8, 4) is 5.88 Å². The lowest BCUT2D eigenvalue weighted by Gasteiger charge is -2.08. The normalized spacial score (nSPS) is 10.7. The third-order valence-electron chi connectivity index (χ3n) is 3.25. The molecule has 2 heterocycles. The van der Waals surface area contributed by atoms with Crippen LogP contribution < -0.4 is 16.0 Å². The minimum absolute atomic E-state index is 0.158. The van der Waals surface area contributed by atoms with Crippen LogP contribution in [-0.4, -0.2) is 21.6 Å². The van der Waals surface area contributed by atoms with E-state index < -0.39 is 0 Å². The van der Waals surface area contributed by atoms with Crippen molar-refractivity contribution in [2.45, 2.75) is 6.54 Å². The number of methoxy groups -OCH3 is 1. The van der Waals surface area contributed by atoms with Gasteiger partial charge in [0.15, 0.2) is 0 Å². The SMILES string of the molecule is COc1cc(Cn2cnc3cccc(N)c3c2=O)ccn1. The van der Waals surface area contributed by atoms with Gasteiger partial charge in [0.2, 0.25) is 5.88 Å². The molecule has 0 saturated heterocycles. The highest BCUT2D eigenvalue weighted by Crippen LogP contribution is 2.15. The fourth-order valence-electron chi connectivity index (χ4n) is 2.20. The summed E-state index contributed by atoms with van der Waals surface area (Å²) in [5, 5.41) is 0.445. The molecular formula is C15H14N4O2.